The van der Waals surface area contributed by atoms with Crippen LogP contribution in [0.15, 0.2) is 30.3 Å². The molecule has 1 aromatic rings. The molecule has 1 N–H and O–H groups in total. The van der Waals surface area contributed by atoms with E-state index in [-0.39, 0.29) is 56.0 Å². The van der Waals surface area contributed by atoms with Gasteiger partial charge >= 0.3 is 18.0 Å². The molecule has 0 aliphatic carbocycles. The van der Waals surface area contributed by atoms with E-state index in [1.165, 1.54) is 14.0 Å². The number of benzene rings is 1. The van der Waals surface area contributed by atoms with Crippen LogP contribution in [0.4, 0.5) is 10.5 Å². The highest BCUT2D eigenvalue weighted by atomic mass is 32.2. The van der Waals surface area contributed by atoms with Gasteiger partial charge in [0.2, 0.25) is 10.0 Å². The van der Waals surface area contributed by atoms with Gasteiger partial charge in [-0.2, -0.15) is 0 Å². The third-order valence-corrected chi connectivity index (χ3v) is 10.6. The van der Waals surface area contributed by atoms with Gasteiger partial charge < -0.3 is 33.5 Å². The number of anilines is 1. The van der Waals surface area contributed by atoms with Crippen molar-refractivity contribution < 1.29 is 51.3 Å². The smallest absolute Gasteiger partial charge is 0.412 e. The van der Waals surface area contributed by atoms with E-state index in [9.17, 15) is 27.6 Å². The van der Waals surface area contributed by atoms with Crippen molar-refractivity contribution >= 4 is 39.5 Å². The number of likely N-dealkylation sites (N-methyl/N-ethyl adjacent to an activating group) is 1. The van der Waals surface area contributed by atoms with Crippen molar-refractivity contribution in [2.75, 3.05) is 31.1 Å². The molecule has 1 aromatic carbocycles. The molecule has 2 fully saturated rings. The first-order valence-corrected chi connectivity index (χ1v) is 20.1. The Morgan fingerprint density at radius 2 is 1.69 bits per heavy atom. The van der Waals surface area contributed by atoms with E-state index in [2.05, 4.69) is 16.5 Å². The van der Waals surface area contributed by atoms with Gasteiger partial charge in [-0.1, -0.05) is 44.9 Å². The number of nitrogens with zero attached hydrogens (tertiary/aromatic N) is 2. The number of esters is 2. The zero-order valence-corrected chi connectivity index (χ0v) is 32.6. The monoisotopic (exact) mass is 753 g/mol. The zero-order chi connectivity index (χ0) is 38.4. The van der Waals surface area contributed by atoms with Crippen molar-refractivity contribution in [2.45, 2.75) is 142 Å². The van der Waals surface area contributed by atoms with E-state index in [1.807, 2.05) is 27.8 Å². The number of sulfonamides is 1. The summed E-state index contributed by atoms with van der Waals surface area (Å²) in [4.78, 5) is 56.0. The van der Waals surface area contributed by atoms with Crippen molar-refractivity contribution in [1.82, 2.24) is 9.80 Å². The van der Waals surface area contributed by atoms with E-state index in [0.29, 0.717) is 31.4 Å². The van der Waals surface area contributed by atoms with Crippen LogP contribution in [0.25, 0.3) is 0 Å². The number of rotatable bonds is 11. The first-order valence-electron chi connectivity index (χ1n) is 18.4. The minimum atomic E-state index is -3.86. The van der Waals surface area contributed by atoms with Crippen molar-refractivity contribution in [1.29, 1.82) is 0 Å². The lowest BCUT2D eigenvalue weighted by atomic mass is 10.0. The van der Waals surface area contributed by atoms with Crippen LogP contribution in [0.1, 0.15) is 98.8 Å². The predicted molar refractivity (Wildman–Crippen MR) is 195 cm³/mol. The van der Waals surface area contributed by atoms with Gasteiger partial charge in [0.15, 0.2) is 6.29 Å². The van der Waals surface area contributed by atoms with Crippen LogP contribution in [-0.4, -0.2) is 111 Å². The molecule has 0 bridgehead atoms. The van der Waals surface area contributed by atoms with Crippen LogP contribution in [0.5, 0.6) is 0 Å². The molecule has 2 aliphatic heterocycles. The predicted octanol–water partition coefficient (Wildman–Crippen LogP) is 5.26. The maximum Gasteiger partial charge on any atom is 0.412 e. The maximum absolute atomic E-state index is 13.5. The fourth-order valence-electron chi connectivity index (χ4n) is 6.14. The summed E-state index contributed by atoms with van der Waals surface area (Å²) in [6.07, 6.45) is -1.78. The zero-order valence-electron chi connectivity index (χ0n) is 31.8. The Kier molecular flexibility index (Phi) is 17.3. The Bertz CT molecular complexity index is 1410. The average molecular weight is 754 g/mol. The quantitative estimate of drug-likeness (QED) is 0.292. The average Bonchev–Trinajstić information content (AvgIpc) is 3.14. The highest BCUT2D eigenvalue weighted by Gasteiger charge is 2.33. The van der Waals surface area contributed by atoms with Crippen molar-refractivity contribution in [3.8, 4) is 0 Å². The van der Waals surface area contributed by atoms with Crippen LogP contribution in [0, 0.1) is 5.92 Å². The van der Waals surface area contributed by atoms with E-state index in [0.717, 1.165) is 17.9 Å². The van der Waals surface area contributed by atoms with E-state index in [4.69, 9.17) is 23.7 Å². The molecule has 0 spiro atoms. The van der Waals surface area contributed by atoms with Gasteiger partial charge in [-0.3, -0.25) is 19.1 Å². The van der Waals surface area contributed by atoms with Gasteiger partial charge in [0.1, 0.15) is 11.9 Å². The number of hydrogen-bond donors (Lipinski definition) is 1. The maximum atomic E-state index is 13.5. The number of Topliss-reactive ketones (excluding diaryl/α,β-unsaturated/α-hetero) is 1. The number of carbonyl (C=O) groups is 4. The van der Waals surface area contributed by atoms with Gasteiger partial charge in [0.25, 0.3) is 6.29 Å². The molecule has 2 heterocycles. The van der Waals surface area contributed by atoms with Crippen molar-refractivity contribution in [3.63, 3.8) is 0 Å². The Morgan fingerprint density at radius 1 is 0.981 bits per heavy atom. The number of ketones is 1. The SMILES string of the molecule is CC(C)CC(=O)OC1CC(=O)CCCCCC(O[C@H]2C[C@@H](C)N(C)C[C@H](C)O2)CC(=O)OC(OC(=O)N(C)C(C)CS(=O)(=O)Nc2ccccc2)C1. The van der Waals surface area contributed by atoms with E-state index >= 15 is 0 Å². The Hall–Kier alpha value is -3.27. The summed E-state index contributed by atoms with van der Waals surface area (Å²) in [6.45, 7) is 10.1. The van der Waals surface area contributed by atoms with Gasteiger partial charge in [0, 0.05) is 57.0 Å². The molecular formula is C37H59N3O11S. The third-order valence-electron chi connectivity index (χ3n) is 9.17. The lowest BCUT2D eigenvalue weighted by molar-refractivity contribution is -0.200. The first-order chi connectivity index (χ1) is 24.5. The Balaban J connectivity index is 1.80. The van der Waals surface area contributed by atoms with Crippen molar-refractivity contribution in [2.24, 2.45) is 5.92 Å². The fraction of sp³-hybridized carbons (Fsp3) is 0.730. The minimum Gasteiger partial charge on any atom is -0.462 e. The molecule has 4 unspecified atom stereocenters. The summed E-state index contributed by atoms with van der Waals surface area (Å²) in [7, 11) is -0.465. The summed E-state index contributed by atoms with van der Waals surface area (Å²) < 4.78 is 57.8. The third kappa shape index (κ3) is 15.8. The standard InChI is InChI=1S/C37H59N3O11S/c1-25(2)18-33(42)48-32-20-30(41)16-12-9-13-17-31(49-35-19-26(3)39(6)23-28(5)47-35)21-34(43)50-36(22-32)51-37(44)40(7)27(4)24-52(45,46)38-29-14-10-8-11-15-29/h8,10-11,14-15,25-28,31-32,35-36,38H,9,12-13,16-24H2,1-7H3/t26-,27?,28+,31?,32?,35+,36?/m1/s1. The lowest BCUT2D eigenvalue weighted by Crippen LogP contribution is -2.43. The van der Waals surface area contributed by atoms with Crippen LogP contribution in [0.3, 0.4) is 0 Å². The molecule has 52 heavy (non-hydrogen) atoms. The minimum absolute atomic E-state index is 0.00305. The second kappa shape index (κ2) is 20.8. The molecule has 7 atom stereocenters. The Labute approximate surface area is 309 Å². The lowest BCUT2D eigenvalue weighted by Gasteiger charge is -2.29. The molecule has 294 valence electrons. The number of amides is 1. The first kappa shape index (κ1) is 43.1. The molecule has 0 radical (unpaired) electrons. The Morgan fingerprint density at radius 3 is 2.38 bits per heavy atom. The number of carbonyl (C=O) groups excluding carboxylic acids is 4. The topological polar surface area (TPSA) is 167 Å². The second-order valence-electron chi connectivity index (χ2n) is 14.7. The molecule has 15 heteroatoms. The molecule has 2 aliphatic rings. The van der Waals surface area contributed by atoms with E-state index in [1.54, 1.807) is 30.3 Å². The molecule has 3 rings (SSSR count). The normalized spacial score (nSPS) is 26.7. The number of ether oxygens (including phenoxy) is 5. The largest absolute Gasteiger partial charge is 0.462 e. The number of hydrogen-bond acceptors (Lipinski definition) is 12. The van der Waals surface area contributed by atoms with E-state index < -0.39 is 64.6 Å². The molecule has 1 amide bonds. The van der Waals surface area contributed by atoms with Crippen molar-refractivity contribution in [3.05, 3.63) is 30.3 Å². The summed E-state index contributed by atoms with van der Waals surface area (Å²) in [5.74, 6) is -1.83. The van der Waals surface area contributed by atoms with Gasteiger partial charge in [-0.15, -0.1) is 0 Å². The number of nitrogens with one attached hydrogen (secondary N) is 1. The molecule has 0 saturated carbocycles. The summed E-state index contributed by atoms with van der Waals surface area (Å²) in [6, 6.07) is 7.69. The highest BCUT2D eigenvalue weighted by Crippen LogP contribution is 2.24. The van der Waals surface area contributed by atoms with Gasteiger partial charge in [0.05, 0.1) is 30.8 Å². The van der Waals surface area contributed by atoms with Crippen LogP contribution in [-0.2, 0) is 48.1 Å². The van der Waals surface area contributed by atoms with Crippen LogP contribution < -0.4 is 4.72 Å². The summed E-state index contributed by atoms with van der Waals surface area (Å²) in [5, 5.41) is 0. The number of para-hydroxylation sites is 1. The fourth-order valence-corrected chi connectivity index (χ4v) is 7.57. The second-order valence-corrected chi connectivity index (χ2v) is 16.4. The van der Waals surface area contributed by atoms with Crippen LogP contribution in [0.2, 0.25) is 0 Å². The molecule has 0 aromatic heterocycles. The van der Waals surface area contributed by atoms with Gasteiger partial charge in [-0.25, -0.2) is 13.2 Å². The number of cyclic esters (lactones) is 1. The van der Waals surface area contributed by atoms with Crippen LogP contribution >= 0.6 is 0 Å². The molecular weight excluding hydrogens is 694 g/mol. The molecule has 14 nitrogen and oxygen atoms in total. The van der Waals surface area contributed by atoms with Gasteiger partial charge in [-0.05, 0) is 58.7 Å². The summed E-state index contributed by atoms with van der Waals surface area (Å²) in [5.41, 5.74) is 0.378. The highest BCUT2D eigenvalue weighted by molar-refractivity contribution is 7.92. The summed E-state index contributed by atoms with van der Waals surface area (Å²) >= 11 is 0. The molecule has 2 saturated heterocycles.